The topological polar surface area (TPSA) is 130 Å². The van der Waals surface area contributed by atoms with Crippen molar-refractivity contribution in [1.82, 2.24) is 0 Å². The largest absolute Gasteiger partial charge is 0.390 e. The van der Waals surface area contributed by atoms with E-state index in [-0.39, 0.29) is 30.7 Å². The molecule has 1 heterocycles. The Balaban J connectivity index is 1.38. The van der Waals surface area contributed by atoms with E-state index in [0.717, 1.165) is 12.3 Å². The molecule has 9 nitrogen and oxygen atoms in total. The summed E-state index contributed by atoms with van der Waals surface area (Å²) in [5, 5.41) is 23.2. The van der Waals surface area contributed by atoms with Crippen LogP contribution in [0.1, 0.15) is 33.1 Å². The molecule has 1 unspecified atom stereocenters. The van der Waals surface area contributed by atoms with Crippen LogP contribution in [0.3, 0.4) is 0 Å². The number of ketones is 2. The van der Waals surface area contributed by atoms with Gasteiger partial charge in [-0.15, -0.1) is 0 Å². The molecule has 12 heteroatoms. The highest BCUT2D eigenvalue weighted by Crippen LogP contribution is 2.72. The third-order valence-corrected chi connectivity index (χ3v) is 11.0. The van der Waals surface area contributed by atoms with Crippen LogP contribution in [0.2, 0.25) is 0 Å². The Hall–Kier alpha value is -2.67. The van der Waals surface area contributed by atoms with Crippen molar-refractivity contribution in [1.29, 1.82) is 0 Å². The van der Waals surface area contributed by atoms with Crippen LogP contribution in [0.5, 0.6) is 5.75 Å². The van der Waals surface area contributed by atoms with Gasteiger partial charge in [0, 0.05) is 22.7 Å². The molecule has 1 aliphatic heterocycles. The monoisotopic (exact) mass is 593 g/mol. The zero-order valence-electron chi connectivity index (χ0n) is 22.9. The molecule has 0 amide bonds. The van der Waals surface area contributed by atoms with Crippen molar-refractivity contribution in [2.75, 3.05) is 24.5 Å². The Morgan fingerprint density at radius 3 is 2.51 bits per heavy atom. The number of rotatable bonds is 5. The van der Waals surface area contributed by atoms with Crippen molar-refractivity contribution in [3.8, 4) is 5.75 Å². The molecule has 5 aliphatic rings. The van der Waals surface area contributed by atoms with Crippen molar-refractivity contribution >= 4 is 27.4 Å². The standard InChI is InChI=1S/C29H33F2NO8S/c1-26-9-8-18(34)11-22(26)23(30)12-21-20-10-16-14-32(17-4-6-19(7-5-17)39-41(3,37)38)40-29(16,25(36)15-33)27(20,2)13-24(35)28(21,26)31/h4-9,11,16,20-21,23-24,33,35H,10,12-15H2,1-3H3/t16-,20?,21-,23-,24-,26-,27-,28-,29-/m0/s1. The molecule has 9 atom stereocenters. The number of halogens is 2. The first-order valence-corrected chi connectivity index (χ1v) is 15.5. The molecule has 0 aromatic heterocycles. The molecule has 2 N–H and O–H groups in total. The summed E-state index contributed by atoms with van der Waals surface area (Å²) in [6.45, 7) is 2.63. The average molecular weight is 594 g/mol. The summed E-state index contributed by atoms with van der Waals surface area (Å²) in [6, 6.07) is 6.03. The number of Topliss-reactive ketones (excluding diaryl/α,β-unsaturated/α-hetero) is 1. The summed E-state index contributed by atoms with van der Waals surface area (Å²) < 4.78 is 61.0. The van der Waals surface area contributed by atoms with E-state index >= 15 is 8.78 Å². The van der Waals surface area contributed by atoms with Crippen LogP contribution in [-0.2, 0) is 24.5 Å². The Kier molecular flexibility index (Phi) is 6.19. The molecule has 4 aliphatic carbocycles. The zero-order valence-corrected chi connectivity index (χ0v) is 23.7. The Morgan fingerprint density at radius 1 is 1.20 bits per heavy atom. The lowest BCUT2D eigenvalue weighted by Crippen LogP contribution is -2.70. The van der Waals surface area contributed by atoms with E-state index in [4.69, 9.17) is 9.02 Å². The lowest BCUT2D eigenvalue weighted by molar-refractivity contribution is -0.228. The van der Waals surface area contributed by atoms with Crippen LogP contribution in [0.4, 0.5) is 14.5 Å². The molecule has 0 bridgehead atoms. The summed E-state index contributed by atoms with van der Waals surface area (Å²) >= 11 is 0. The second-order valence-corrected chi connectivity index (χ2v) is 14.1. The number of fused-ring (bicyclic) bond motifs is 7. The van der Waals surface area contributed by atoms with Crippen LogP contribution in [0, 0.1) is 28.6 Å². The molecule has 41 heavy (non-hydrogen) atoms. The number of allylic oxidation sites excluding steroid dienone is 4. The molecule has 3 saturated carbocycles. The van der Waals surface area contributed by atoms with Gasteiger partial charge in [-0.2, -0.15) is 8.42 Å². The van der Waals surface area contributed by atoms with E-state index in [1.54, 1.807) is 19.1 Å². The van der Waals surface area contributed by atoms with E-state index in [9.17, 15) is 28.2 Å². The first kappa shape index (κ1) is 28.4. The number of benzene rings is 1. The van der Waals surface area contributed by atoms with Crippen molar-refractivity contribution < 1.29 is 46.0 Å². The molecule has 0 spiro atoms. The minimum atomic E-state index is -3.73. The second kappa shape index (κ2) is 8.92. The van der Waals surface area contributed by atoms with Gasteiger partial charge in [-0.3, -0.25) is 19.5 Å². The summed E-state index contributed by atoms with van der Waals surface area (Å²) in [5.41, 5.74) is -6.08. The molecular formula is C29H33F2NO8S. The fourth-order valence-corrected chi connectivity index (χ4v) is 9.32. The van der Waals surface area contributed by atoms with E-state index < -0.39 is 80.4 Å². The second-order valence-electron chi connectivity index (χ2n) is 12.5. The van der Waals surface area contributed by atoms with Gasteiger partial charge >= 0.3 is 10.1 Å². The number of carbonyl (C=O) groups excluding carboxylic acids is 2. The third kappa shape index (κ3) is 3.69. The Morgan fingerprint density at radius 2 is 1.88 bits per heavy atom. The first-order valence-electron chi connectivity index (χ1n) is 13.7. The van der Waals surface area contributed by atoms with Gasteiger partial charge in [-0.05, 0) is 74.1 Å². The number of anilines is 1. The lowest BCUT2D eigenvalue weighted by Gasteiger charge is -2.63. The zero-order chi connectivity index (χ0) is 29.8. The molecule has 6 rings (SSSR count). The van der Waals surface area contributed by atoms with E-state index in [1.165, 1.54) is 36.3 Å². The van der Waals surface area contributed by atoms with Gasteiger partial charge < -0.3 is 14.4 Å². The normalized spacial score (nSPS) is 43.1. The molecule has 222 valence electrons. The smallest absolute Gasteiger partial charge is 0.306 e. The number of carbonyl (C=O) groups is 2. The van der Waals surface area contributed by atoms with Gasteiger partial charge in [0.2, 0.25) is 0 Å². The fraction of sp³-hybridized carbons (Fsp3) is 0.586. The van der Waals surface area contributed by atoms with Crippen LogP contribution >= 0.6 is 0 Å². The average Bonchev–Trinajstić information content (AvgIpc) is 3.39. The van der Waals surface area contributed by atoms with E-state index in [1.807, 2.05) is 0 Å². The fourth-order valence-electron chi connectivity index (χ4n) is 8.86. The first-order chi connectivity index (χ1) is 19.1. The quantitative estimate of drug-likeness (QED) is 0.495. The Bertz CT molecular complexity index is 1480. The predicted molar refractivity (Wildman–Crippen MR) is 143 cm³/mol. The van der Waals surface area contributed by atoms with Crippen LogP contribution in [-0.4, -0.2) is 73.2 Å². The van der Waals surface area contributed by atoms with Crippen molar-refractivity contribution in [2.45, 2.75) is 56.7 Å². The maximum Gasteiger partial charge on any atom is 0.306 e. The highest BCUT2D eigenvalue weighted by atomic mass is 32.2. The van der Waals surface area contributed by atoms with Crippen LogP contribution in [0.25, 0.3) is 0 Å². The van der Waals surface area contributed by atoms with Gasteiger partial charge in [0.25, 0.3) is 0 Å². The summed E-state index contributed by atoms with van der Waals surface area (Å²) in [7, 11) is -3.73. The van der Waals surface area contributed by atoms with Gasteiger partial charge in [0.05, 0.1) is 24.6 Å². The summed E-state index contributed by atoms with van der Waals surface area (Å²) in [6.07, 6.45) is 1.30. The molecule has 1 aromatic rings. The van der Waals surface area contributed by atoms with Crippen molar-refractivity contribution in [3.63, 3.8) is 0 Å². The minimum absolute atomic E-state index is 0.0245. The molecule has 1 saturated heterocycles. The predicted octanol–water partition coefficient (Wildman–Crippen LogP) is 2.62. The molecule has 0 radical (unpaired) electrons. The number of aliphatic hydroxyl groups is 2. The number of hydroxylamine groups is 1. The van der Waals surface area contributed by atoms with Gasteiger partial charge in [-0.1, -0.05) is 13.0 Å². The lowest BCUT2D eigenvalue weighted by atomic mass is 9.44. The number of nitrogens with zero attached hydrogens (tertiary/aromatic N) is 1. The van der Waals surface area contributed by atoms with Gasteiger partial charge in [0.1, 0.15) is 18.5 Å². The summed E-state index contributed by atoms with van der Waals surface area (Å²) in [5.74, 6) is -2.99. The van der Waals surface area contributed by atoms with Crippen LogP contribution < -0.4 is 9.25 Å². The number of alkyl halides is 2. The van der Waals surface area contributed by atoms with Gasteiger partial charge in [-0.25, -0.2) is 8.78 Å². The molecule has 1 aromatic carbocycles. The minimum Gasteiger partial charge on any atom is -0.390 e. The number of hydrogen-bond acceptors (Lipinski definition) is 9. The Labute approximate surface area is 236 Å². The highest BCUT2D eigenvalue weighted by Gasteiger charge is 2.79. The maximum absolute atomic E-state index is 17.5. The number of aliphatic hydroxyl groups excluding tert-OH is 2. The molecular weight excluding hydrogens is 560 g/mol. The maximum atomic E-state index is 17.5. The van der Waals surface area contributed by atoms with Gasteiger partial charge in [0.15, 0.2) is 22.8 Å². The van der Waals surface area contributed by atoms with Crippen LogP contribution in [0.15, 0.2) is 48.1 Å². The highest BCUT2D eigenvalue weighted by molar-refractivity contribution is 7.86. The van der Waals surface area contributed by atoms with Crippen molar-refractivity contribution in [3.05, 3.63) is 48.1 Å². The van der Waals surface area contributed by atoms with Crippen molar-refractivity contribution in [2.24, 2.45) is 28.6 Å². The SMILES string of the molecule is C[C@]12C=CC(=O)C=C1[C@@H](F)C[C@H]1C3C[C@H]4CN(c5ccc(OS(C)(=O)=O)cc5)O[C@@]4(C(=O)CO)[C@@]3(C)C[C@H](O)[C@@]12F. The summed E-state index contributed by atoms with van der Waals surface area (Å²) in [4.78, 5) is 32.1. The number of hydrogen-bond donors (Lipinski definition) is 2. The molecule has 4 fully saturated rings. The van der Waals surface area contributed by atoms with E-state index in [2.05, 4.69) is 0 Å². The third-order valence-electron chi connectivity index (χ3n) is 10.6. The van der Waals surface area contributed by atoms with E-state index in [0.29, 0.717) is 12.1 Å².